The second-order valence-corrected chi connectivity index (χ2v) is 6.59. The lowest BCUT2D eigenvalue weighted by Gasteiger charge is -2.02. The van der Waals surface area contributed by atoms with Crippen LogP contribution in [0.4, 0.5) is 0 Å². The first-order valence-electron chi connectivity index (χ1n) is 6.95. The van der Waals surface area contributed by atoms with E-state index in [-0.39, 0.29) is 5.91 Å². The summed E-state index contributed by atoms with van der Waals surface area (Å²) in [6.45, 7) is 0. The number of rotatable bonds is 7. The van der Waals surface area contributed by atoms with Gasteiger partial charge in [-0.3, -0.25) is 4.79 Å². The molecular formula is C17H17BrN2O2S. The van der Waals surface area contributed by atoms with Crippen LogP contribution in [0.25, 0.3) is 0 Å². The number of thioether (sulfide) groups is 1. The van der Waals surface area contributed by atoms with E-state index in [1.54, 1.807) is 25.1 Å². The zero-order valence-corrected chi connectivity index (χ0v) is 15.1. The van der Waals surface area contributed by atoms with Crippen LogP contribution >= 0.6 is 27.7 Å². The molecule has 4 nitrogen and oxygen atoms in total. The fourth-order valence-electron chi connectivity index (χ4n) is 1.74. The molecule has 1 amide bonds. The van der Waals surface area contributed by atoms with Crippen molar-refractivity contribution in [1.82, 2.24) is 5.43 Å². The molecule has 2 aromatic carbocycles. The van der Waals surface area contributed by atoms with E-state index in [1.807, 2.05) is 48.5 Å². The first-order valence-corrected chi connectivity index (χ1v) is 8.90. The van der Waals surface area contributed by atoms with Crippen LogP contribution in [0.2, 0.25) is 0 Å². The molecule has 1 N–H and O–H groups in total. The van der Waals surface area contributed by atoms with Gasteiger partial charge in [-0.25, -0.2) is 5.43 Å². The topological polar surface area (TPSA) is 50.7 Å². The predicted octanol–water partition coefficient (Wildman–Crippen LogP) is 3.84. The van der Waals surface area contributed by atoms with E-state index in [9.17, 15) is 4.79 Å². The lowest BCUT2D eigenvalue weighted by Crippen LogP contribution is -2.19. The molecule has 120 valence electrons. The summed E-state index contributed by atoms with van der Waals surface area (Å²) in [6.07, 6.45) is 1.61. The second-order valence-electron chi connectivity index (χ2n) is 4.69. The molecule has 0 atom stereocenters. The first-order chi connectivity index (χ1) is 11.2. The number of nitrogens with one attached hydrogen (secondary N) is 1. The molecule has 6 heteroatoms. The SMILES string of the molecule is COc1ccc(C=NNC(=O)CSCc2ccc(Br)cc2)cc1. The third-order valence-electron chi connectivity index (χ3n) is 2.93. The number of hydrogen-bond acceptors (Lipinski definition) is 4. The summed E-state index contributed by atoms with van der Waals surface area (Å²) in [5.41, 5.74) is 4.61. The van der Waals surface area contributed by atoms with Crippen molar-refractivity contribution >= 4 is 39.8 Å². The molecule has 2 aromatic rings. The number of amides is 1. The van der Waals surface area contributed by atoms with E-state index in [4.69, 9.17) is 4.74 Å². The van der Waals surface area contributed by atoms with Crippen molar-refractivity contribution in [3.63, 3.8) is 0 Å². The molecule has 0 spiro atoms. The van der Waals surface area contributed by atoms with Crippen LogP contribution < -0.4 is 10.2 Å². The van der Waals surface area contributed by atoms with Gasteiger partial charge in [-0.1, -0.05) is 28.1 Å². The van der Waals surface area contributed by atoms with Gasteiger partial charge >= 0.3 is 0 Å². The monoisotopic (exact) mass is 392 g/mol. The number of methoxy groups -OCH3 is 1. The lowest BCUT2D eigenvalue weighted by atomic mass is 10.2. The van der Waals surface area contributed by atoms with Crippen LogP contribution in [-0.2, 0) is 10.5 Å². The van der Waals surface area contributed by atoms with Gasteiger partial charge in [0.2, 0.25) is 5.91 Å². The van der Waals surface area contributed by atoms with E-state index in [0.29, 0.717) is 5.75 Å². The van der Waals surface area contributed by atoms with Gasteiger partial charge in [-0.2, -0.15) is 5.10 Å². The molecule has 2 rings (SSSR count). The number of benzene rings is 2. The fourth-order valence-corrected chi connectivity index (χ4v) is 2.79. The Hall–Kier alpha value is -1.79. The highest BCUT2D eigenvalue weighted by Crippen LogP contribution is 2.15. The average Bonchev–Trinajstić information content (AvgIpc) is 2.57. The normalized spacial score (nSPS) is 10.7. The standard InChI is InChI=1S/C17H17BrN2O2S/c1-22-16-8-4-13(5-9-16)10-19-20-17(21)12-23-11-14-2-6-15(18)7-3-14/h2-10H,11-12H2,1H3,(H,20,21). The lowest BCUT2D eigenvalue weighted by molar-refractivity contribution is -0.118. The Balaban J connectivity index is 1.69. The molecule has 0 heterocycles. The number of carbonyl (C=O) groups excluding carboxylic acids is 1. The Morgan fingerprint density at radius 1 is 1.22 bits per heavy atom. The molecular weight excluding hydrogens is 376 g/mol. The Morgan fingerprint density at radius 2 is 1.91 bits per heavy atom. The Morgan fingerprint density at radius 3 is 2.57 bits per heavy atom. The van der Waals surface area contributed by atoms with Crippen molar-refractivity contribution in [1.29, 1.82) is 0 Å². The summed E-state index contributed by atoms with van der Waals surface area (Å²) in [6, 6.07) is 15.5. The summed E-state index contributed by atoms with van der Waals surface area (Å²) in [7, 11) is 1.62. The van der Waals surface area contributed by atoms with E-state index in [0.717, 1.165) is 21.5 Å². The number of carbonyl (C=O) groups is 1. The van der Waals surface area contributed by atoms with Crippen LogP contribution in [0.5, 0.6) is 5.75 Å². The van der Waals surface area contributed by atoms with Crippen molar-refractivity contribution in [2.45, 2.75) is 5.75 Å². The molecule has 23 heavy (non-hydrogen) atoms. The van der Waals surface area contributed by atoms with Gasteiger partial charge in [-0.15, -0.1) is 11.8 Å². The minimum absolute atomic E-state index is 0.114. The van der Waals surface area contributed by atoms with Gasteiger partial charge in [0.15, 0.2) is 0 Å². The highest BCUT2D eigenvalue weighted by atomic mass is 79.9. The van der Waals surface area contributed by atoms with E-state index < -0.39 is 0 Å². The van der Waals surface area contributed by atoms with Crippen LogP contribution in [0.3, 0.4) is 0 Å². The number of halogens is 1. The molecule has 0 aliphatic carbocycles. The van der Waals surface area contributed by atoms with Gasteiger partial charge < -0.3 is 4.74 Å². The zero-order chi connectivity index (χ0) is 16.5. The van der Waals surface area contributed by atoms with Crippen molar-refractivity contribution in [3.8, 4) is 5.75 Å². The Labute approximate surface area is 148 Å². The Kier molecular flexibility index (Phi) is 7.16. The van der Waals surface area contributed by atoms with Crippen LogP contribution in [-0.4, -0.2) is 25.0 Å². The molecule has 0 saturated carbocycles. The van der Waals surface area contributed by atoms with Gasteiger partial charge in [0.1, 0.15) is 5.75 Å². The minimum atomic E-state index is -0.114. The van der Waals surface area contributed by atoms with Crippen molar-refractivity contribution in [2.24, 2.45) is 5.10 Å². The molecule has 0 aromatic heterocycles. The third kappa shape index (κ3) is 6.46. The number of hydrazone groups is 1. The summed E-state index contributed by atoms with van der Waals surface area (Å²) in [5, 5.41) is 3.95. The molecule has 0 radical (unpaired) electrons. The molecule has 0 saturated heterocycles. The predicted molar refractivity (Wildman–Crippen MR) is 99.0 cm³/mol. The Bertz CT molecular complexity index is 657. The summed E-state index contributed by atoms with van der Waals surface area (Å²) >= 11 is 4.95. The van der Waals surface area contributed by atoms with Gasteiger partial charge in [0.25, 0.3) is 0 Å². The third-order valence-corrected chi connectivity index (χ3v) is 4.47. The molecule has 0 aliphatic rings. The molecule has 0 bridgehead atoms. The number of hydrogen-bond donors (Lipinski definition) is 1. The number of nitrogens with zero attached hydrogens (tertiary/aromatic N) is 1. The maximum atomic E-state index is 11.7. The first kappa shape index (κ1) is 17.6. The van der Waals surface area contributed by atoms with Gasteiger partial charge in [0.05, 0.1) is 19.1 Å². The summed E-state index contributed by atoms with van der Waals surface area (Å²) in [4.78, 5) is 11.7. The highest BCUT2D eigenvalue weighted by Gasteiger charge is 2.00. The highest BCUT2D eigenvalue weighted by molar-refractivity contribution is 9.10. The molecule has 0 aliphatic heterocycles. The quantitative estimate of drug-likeness (QED) is 0.575. The minimum Gasteiger partial charge on any atom is -0.497 e. The van der Waals surface area contributed by atoms with Crippen molar-refractivity contribution in [2.75, 3.05) is 12.9 Å². The second kappa shape index (κ2) is 9.37. The number of ether oxygens (including phenoxy) is 1. The van der Waals surface area contributed by atoms with E-state index in [1.165, 1.54) is 5.56 Å². The maximum absolute atomic E-state index is 11.7. The molecule has 0 unspecified atom stereocenters. The van der Waals surface area contributed by atoms with Gasteiger partial charge in [0, 0.05) is 10.2 Å². The van der Waals surface area contributed by atoms with Crippen LogP contribution in [0.1, 0.15) is 11.1 Å². The summed E-state index contributed by atoms with van der Waals surface area (Å²) < 4.78 is 6.13. The zero-order valence-electron chi connectivity index (χ0n) is 12.7. The average molecular weight is 393 g/mol. The smallest absolute Gasteiger partial charge is 0.250 e. The maximum Gasteiger partial charge on any atom is 0.250 e. The van der Waals surface area contributed by atoms with E-state index >= 15 is 0 Å². The summed E-state index contributed by atoms with van der Waals surface area (Å²) in [5.74, 6) is 1.84. The van der Waals surface area contributed by atoms with Crippen LogP contribution in [0, 0.1) is 0 Å². The molecule has 0 fully saturated rings. The van der Waals surface area contributed by atoms with Crippen molar-refractivity contribution < 1.29 is 9.53 Å². The fraction of sp³-hybridized carbons (Fsp3) is 0.176. The van der Waals surface area contributed by atoms with Crippen molar-refractivity contribution in [3.05, 3.63) is 64.1 Å². The van der Waals surface area contributed by atoms with Gasteiger partial charge in [-0.05, 0) is 47.5 Å². The largest absolute Gasteiger partial charge is 0.497 e. The van der Waals surface area contributed by atoms with E-state index in [2.05, 4.69) is 26.5 Å². The van der Waals surface area contributed by atoms with Crippen LogP contribution in [0.15, 0.2) is 58.1 Å².